The van der Waals surface area contributed by atoms with Crippen LogP contribution in [0.1, 0.15) is 39.5 Å². The number of carbonyl (C=O) groups is 1. The first-order chi connectivity index (χ1) is 8.47. The third kappa shape index (κ3) is 1.24. The zero-order valence-electron chi connectivity index (χ0n) is 11.2. The lowest BCUT2D eigenvalue weighted by Crippen LogP contribution is -2.52. The molecule has 3 nitrogen and oxygen atoms in total. The third-order valence-electron chi connectivity index (χ3n) is 5.87. The van der Waals surface area contributed by atoms with Crippen LogP contribution in [0.15, 0.2) is 12.2 Å². The Bertz CT molecular complexity index is 416. The average Bonchev–Trinajstić information content (AvgIpc) is 3.11. The van der Waals surface area contributed by atoms with Crippen LogP contribution in [0.4, 0.5) is 0 Å². The maximum Gasteiger partial charge on any atom is 0.176 e. The van der Waals surface area contributed by atoms with Crippen molar-refractivity contribution >= 4 is 5.78 Å². The minimum atomic E-state index is -0.842. The van der Waals surface area contributed by atoms with Gasteiger partial charge in [0.15, 0.2) is 11.4 Å². The summed E-state index contributed by atoms with van der Waals surface area (Å²) in [5, 5.41) is 9.31. The lowest BCUT2D eigenvalue weighted by molar-refractivity contribution is -0.128. The summed E-state index contributed by atoms with van der Waals surface area (Å²) in [6.07, 6.45) is 4.11. The first kappa shape index (κ1) is 12.4. The molecule has 5 atom stereocenters. The van der Waals surface area contributed by atoms with Crippen molar-refractivity contribution in [3.05, 3.63) is 12.2 Å². The predicted octanol–water partition coefficient (Wildman–Crippen LogP) is 2.09. The van der Waals surface area contributed by atoms with Crippen molar-refractivity contribution in [1.82, 2.24) is 0 Å². The van der Waals surface area contributed by atoms with E-state index in [4.69, 9.17) is 4.74 Å². The normalized spacial score (nSPS) is 50.4. The Morgan fingerprint density at radius 1 is 1.56 bits per heavy atom. The van der Waals surface area contributed by atoms with Crippen LogP contribution in [-0.4, -0.2) is 29.2 Å². The van der Waals surface area contributed by atoms with Crippen LogP contribution in [0, 0.1) is 17.3 Å². The van der Waals surface area contributed by atoms with E-state index in [2.05, 4.69) is 20.4 Å². The summed E-state index contributed by atoms with van der Waals surface area (Å²) in [6.45, 7) is 8.25. The summed E-state index contributed by atoms with van der Waals surface area (Å²) in [4.78, 5) is 12.4. The molecule has 2 aliphatic carbocycles. The molecular formula is C15H22O3. The van der Waals surface area contributed by atoms with E-state index in [-0.39, 0.29) is 23.9 Å². The Morgan fingerprint density at radius 2 is 2.28 bits per heavy atom. The van der Waals surface area contributed by atoms with Crippen molar-refractivity contribution < 1.29 is 14.6 Å². The van der Waals surface area contributed by atoms with Crippen molar-refractivity contribution in [2.75, 3.05) is 6.61 Å². The van der Waals surface area contributed by atoms with Gasteiger partial charge in [0.05, 0.1) is 6.61 Å². The van der Waals surface area contributed by atoms with E-state index in [1.807, 2.05) is 0 Å². The van der Waals surface area contributed by atoms with E-state index >= 15 is 0 Å². The van der Waals surface area contributed by atoms with E-state index < -0.39 is 5.60 Å². The summed E-state index contributed by atoms with van der Waals surface area (Å²) in [5.41, 5.74) is -0.217. The minimum Gasteiger partial charge on any atom is -0.392 e. The van der Waals surface area contributed by atoms with Gasteiger partial charge in [-0.15, -0.1) is 0 Å². The highest BCUT2D eigenvalue weighted by Gasteiger charge is 2.75. The molecule has 1 aliphatic heterocycles. The van der Waals surface area contributed by atoms with Gasteiger partial charge in [0.25, 0.3) is 0 Å². The van der Waals surface area contributed by atoms with Crippen molar-refractivity contribution in [2.24, 2.45) is 17.3 Å². The smallest absolute Gasteiger partial charge is 0.176 e. The van der Waals surface area contributed by atoms with Crippen molar-refractivity contribution in [1.29, 1.82) is 0 Å². The fourth-order valence-corrected chi connectivity index (χ4v) is 4.38. The van der Waals surface area contributed by atoms with E-state index in [0.717, 1.165) is 6.42 Å². The van der Waals surface area contributed by atoms with E-state index in [9.17, 15) is 9.90 Å². The number of hydrogen-bond acceptors (Lipinski definition) is 3. The van der Waals surface area contributed by atoms with Crippen LogP contribution in [0.2, 0.25) is 0 Å². The van der Waals surface area contributed by atoms with Gasteiger partial charge in [0, 0.05) is 11.8 Å². The quantitative estimate of drug-likeness (QED) is 0.603. The van der Waals surface area contributed by atoms with Crippen molar-refractivity contribution in [2.45, 2.75) is 51.2 Å². The molecule has 1 saturated heterocycles. The van der Waals surface area contributed by atoms with Crippen LogP contribution < -0.4 is 0 Å². The molecule has 0 aromatic rings. The Morgan fingerprint density at radius 3 is 2.94 bits per heavy atom. The molecule has 3 aliphatic rings. The Labute approximate surface area is 108 Å². The van der Waals surface area contributed by atoms with Gasteiger partial charge in [-0.1, -0.05) is 33.3 Å². The number of ketones is 1. The molecule has 0 spiro atoms. The highest BCUT2D eigenvalue weighted by atomic mass is 16.6. The molecule has 3 heteroatoms. The molecule has 0 aromatic carbocycles. The molecule has 1 heterocycles. The number of epoxide rings is 1. The number of rotatable bonds is 2. The number of Topliss-reactive ketones (excluding diaryl/α,β-unsaturated/α-hetero) is 1. The average molecular weight is 250 g/mol. The fourth-order valence-electron chi connectivity index (χ4n) is 4.38. The Hall–Kier alpha value is -0.670. The molecule has 3 rings (SSSR count). The molecule has 0 bridgehead atoms. The molecule has 0 aromatic heterocycles. The second kappa shape index (κ2) is 3.67. The molecule has 0 amide bonds. The van der Waals surface area contributed by atoms with Gasteiger partial charge in [0.1, 0.15) is 6.10 Å². The predicted molar refractivity (Wildman–Crippen MR) is 68.1 cm³/mol. The molecule has 1 N–H and O–H groups in total. The summed E-state index contributed by atoms with van der Waals surface area (Å²) in [5.74, 6) is 1.16. The highest BCUT2D eigenvalue weighted by Crippen LogP contribution is 2.65. The first-order valence-electron chi connectivity index (χ1n) is 6.98. The van der Waals surface area contributed by atoms with Crippen LogP contribution in [0.25, 0.3) is 0 Å². The molecule has 2 saturated carbocycles. The maximum absolute atomic E-state index is 12.4. The number of aliphatic hydroxyl groups is 1. The summed E-state index contributed by atoms with van der Waals surface area (Å²) < 4.78 is 5.86. The van der Waals surface area contributed by atoms with Crippen LogP contribution >= 0.6 is 0 Å². The first-order valence-corrected chi connectivity index (χ1v) is 6.98. The number of ether oxygens (including phenoxy) is 1. The van der Waals surface area contributed by atoms with Crippen LogP contribution in [-0.2, 0) is 9.53 Å². The molecule has 100 valence electrons. The van der Waals surface area contributed by atoms with Crippen molar-refractivity contribution in [3.8, 4) is 0 Å². The lowest BCUT2D eigenvalue weighted by atomic mass is 9.53. The largest absolute Gasteiger partial charge is 0.392 e. The monoisotopic (exact) mass is 250 g/mol. The molecule has 18 heavy (non-hydrogen) atoms. The lowest BCUT2D eigenvalue weighted by Gasteiger charge is -2.48. The summed E-state index contributed by atoms with van der Waals surface area (Å²) >= 11 is 0. The van der Waals surface area contributed by atoms with E-state index in [1.54, 1.807) is 0 Å². The van der Waals surface area contributed by atoms with Gasteiger partial charge in [-0.2, -0.15) is 0 Å². The van der Waals surface area contributed by atoms with Gasteiger partial charge in [0.2, 0.25) is 0 Å². The van der Waals surface area contributed by atoms with Gasteiger partial charge in [-0.25, -0.2) is 0 Å². The molecular weight excluding hydrogens is 228 g/mol. The van der Waals surface area contributed by atoms with Gasteiger partial charge in [-0.3, -0.25) is 4.79 Å². The second-order valence-electron chi connectivity index (χ2n) is 6.52. The number of fused-ring (bicyclic) bond motifs is 3. The highest BCUT2D eigenvalue weighted by molar-refractivity contribution is 5.95. The summed E-state index contributed by atoms with van der Waals surface area (Å²) in [6, 6.07) is 0. The van der Waals surface area contributed by atoms with Crippen LogP contribution in [0.3, 0.4) is 0 Å². The van der Waals surface area contributed by atoms with E-state index in [0.29, 0.717) is 23.8 Å². The zero-order valence-corrected chi connectivity index (χ0v) is 11.2. The summed E-state index contributed by atoms with van der Waals surface area (Å²) in [7, 11) is 0. The minimum absolute atomic E-state index is 0.0498. The zero-order chi connectivity index (χ0) is 13.1. The Kier molecular flexibility index (Phi) is 2.52. The Balaban J connectivity index is 1.98. The number of carbonyl (C=O) groups excluding carboxylic acids is 1. The standard InChI is InChI=1S/C15H22O3/c1-9-5-4-6-11-7-12(17)15(10(2)8-16)13(18-15)14(9,11)3/h9,11,13,16H,2,4-8H2,1,3H3/t9-,11+,13-,14+,15+/m1/s1. The molecule has 0 radical (unpaired) electrons. The SMILES string of the molecule is C=C(CO)[C@@]12O[C@@H]1[C@]1(C)[C@@H](CCC[C@H]1C)CC2=O. The van der Waals surface area contributed by atoms with Crippen LogP contribution in [0.5, 0.6) is 0 Å². The topological polar surface area (TPSA) is 49.8 Å². The van der Waals surface area contributed by atoms with E-state index in [1.165, 1.54) is 12.8 Å². The molecule has 0 unspecified atom stereocenters. The van der Waals surface area contributed by atoms with Gasteiger partial charge < -0.3 is 9.84 Å². The second-order valence-corrected chi connectivity index (χ2v) is 6.52. The maximum atomic E-state index is 12.4. The van der Waals surface area contributed by atoms with Crippen molar-refractivity contribution in [3.63, 3.8) is 0 Å². The van der Waals surface area contributed by atoms with Gasteiger partial charge >= 0.3 is 0 Å². The van der Waals surface area contributed by atoms with Gasteiger partial charge in [-0.05, 0) is 23.8 Å². The number of aliphatic hydroxyl groups excluding tert-OH is 1. The third-order valence-corrected chi connectivity index (χ3v) is 5.87. The molecule has 3 fully saturated rings. The fraction of sp³-hybridized carbons (Fsp3) is 0.800. The number of hydrogen-bond donors (Lipinski definition) is 1.